The summed E-state index contributed by atoms with van der Waals surface area (Å²) < 4.78 is 32.4. The minimum absolute atomic E-state index is 0. The Hall–Kier alpha value is -0.710. The number of hydrogen-bond donors (Lipinski definition) is 1. The number of hydrogen-bond acceptors (Lipinski definition) is 2. The zero-order valence-corrected chi connectivity index (χ0v) is 9.74. The smallest absolute Gasteiger partial charge is 0.133 e. The van der Waals surface area contributed by atoms with E-state index in [0.29, 0.717) is 25.3 Å². The van der Waals surface area contributed by atoms with Crippen LogP contribution in [0.3, 0.4) is 0 Å². The molecule has 1 aromatic carbocycles. The lowest BCUT2D eigenvalue weighted by Crippen LogP contribution is -2.35. The van der Waals surface area contributed by atoms with Gasteiger partial charge in [-0.1, -0.05) is 6.07 Å². The second-order valence-electron chi connectivity index (χ2n) is 3.67. The minimum atomic E-state index is -0.513. The summed E-state index contributed by atoms with van der Waals surface area (Å²) in [7, 11) is 0. The summed E-state index contributed by atoms with van der Waals surface area (Å²) in [4.78, 5) is 0. The Morgan fingerprint density at radius 2 is 2.12 bits per heavy atom. The number of ether oxygens (including phenoxy) is 1. The third-order valence-corrected chi connectivity index (χ3v) is 2.59. The minimum Gasteiger partial charge on any atom is -0.378 e. The Balaban J connectivity index is 0.00000128. The van der Waals surface area contributed by atoms with Crippen LogP contribution in [0.15, 0.2) is 12.1 Å². The summed E-state index contributed by atoms with van der Waals surface area (Å²) in [5.41, 5.74) is 0.550. The zero-order chi connectivity index (χ0) is 10.8. The molecule has 0 bridgehead atoms. The van der Waals surface area contributed by atoms with Gasteiger partial charge < -0.3 is 10.1 Å². The van der Waals surface area contributed by atoms with Gasteiger partial charge in [0.2, 0.25) is 0 Å². The maximum atomic E-state index is 13.7. The normalized spacial score (nSPS) is 20.3. The van der Waals surface area contributed by atoms with E-state index in [9.17, 15) is 8.78 Å². The second kappa shape index (κ2) is 5.57. The molecule has 0 amide bonds. The van der Waals surface area contributed by atoms with Gasteiger partial charge in [0.1, 0.15) is 11.6 Å². The quantitative estimate of drug-likeness (QED) is 0.825. The van der Waals surface area contributed by atoms with Crippen LogP contribution in [0.4, 0.5) is 8.78 Å². The first kappa shape index (κ1) is 13.4. The molecule has 90 valence electrons. The zero-order valence-electron chi connectivity index (χ0n) is 8.93. The molecule has 1 aliphatic heterocycles. The molecule has 1 aromatic rings. The highest BCUT2D eigenvalue weighted by molar-refractivity contribution is 5.85. The van der Waals surface area contributed by atoms with Gasteiger partial charge in [0, 0.05) is 12.1 Å². The van der Waals surface area contributed by atoms with Gasteiger partial charge in [-0.15, -0.1) is 12.4 Å². The topological polar surface area (TPSA) is 21.3 Å². The molecule has 1 fully saturated rings. The third-order valence-electron chi connectivity index (χ3n) is 2.59. The fraction of sp³-hybridized carbons (Fsp3) is 0.455. The largest absolute Gasteiger partial charge is 0.378 e. The van der Waals surface area contributed by atoms with Gasteiger partial charge in [0.15, 0.2) is 0 Å². The third kappa shape index (κ3) is 2.51. The van der Waals surface area contributed by atoms with Crippen LogP contribution in [-0.4, -0.2) is 19.8 Å². The van der Waals surface area contributed by atoms with Crippen molar-refractivity contribution >= 4 is 12.4 Å². The second-order valence-corrected chi connectivity index (χ2v) is 3.67. The maximum Gasteiger partial charge on any atom is 0.133 e. The van der Waals surface area contributed by atoms with Crippen molar-refractivity contribution in [1.29, 1.82) is 0 Å². The first-order valence-electron chi connectivity index (χ1n) is 4.96. The van der Waals surface area contributed by atoms with Crippen LogP contribution in [0.2, 0.25) is 0 Å². The van der Waals surface area contributed by atoms with Crippen molar-refractivity contribution in [2.24, 2.45) is 0 Å². The Labute approximate surface area is 99.4 Å². The Bertz CT molecular complexity index is 367. The lowest BCUT2D eigenvalue weighted by atomic mass is 10.0. The molecular formula is C11H14ClF2NO. The van der Waals surface area contributed by atoms with E-state index < -0.39 is 11.6 Å². The molecular weight excluding hydrogens is 236 g/mol. The van der Waals surface area contributed by atoms with E-state index in [2.05, 4.69) is 5.32 Å². The number of rotatable bonds is 1. The molecule has 0 unspecified atom stereocenters. The highest BCUT2D eigenvalue weighted by Gasteiger charge is 2.23. The molecule has 0 aromatic heterocycles. The highest BCUT2D eigenvalue weighted by atomic mass is 35.5. The molecule has 2 rings (SSSR count). The number of nitrogens with one attached hydrogen (secondary N) is 1. The van der Waals surface area contributed by atoms with E-state index in [1.807, 2.05) is 0 Å². The summed E-state index contributed by atoms with van der Waals surface area (Å²) in [6.45, 7) is 3.16. The van der Waals surface area contributed by atoms with Crippen molar-refractivity contribution < 1.29 is 13.5 Å². The van der Waals surface area contributed by atoms with Crippen LogP contribution in [0.5, 0.6) is 0 Å². The predicted molar refractivity (Wildman–Crippen MR) is 59.9 cm³/mol. The van der Waals surface area contributed by atoms with Crippen molar-refractivity contribution in [3.05, 3.63) is 34.9 Å². The summed E-state index contributed by atoms with van der Waals surface area (Å²) in [6.07, 6.45) is 0. The Morgan fingerprint density at radius 3 is 2.75 bits per heavy atom. The molecule has 1 heterocycles. The summed E-state index contributed by atoms with van der Waals surface area (Å²) in [5.74, 6) is -0.987. The Kier molecular flexibility index (Phi) is 4.65. The molecule has 1 N–H and O–H groups in total. The molecule has 0 spiro atoms. The Morgan fingerprint density at radius 1 is 1.38 bits per heavy atom. The van der Waals surface area contributed by atoms with Crippen LogP contribution in [0, 0.1) is 18.6 Å². The average molecular weight is 250 g/mol. The number of halogens is 3. The van der Waals surface area contributed by atoms with Crippen molar-refractivity contribution in [3.63, 3.8) is 0 Å². The standard InChI is InChI=1S/C11H13F2NO.ClH/c1-7-2-3-8(12)10(11(7)13)9-6-15-5-4-14-9;/h2-3,9,14H,4-6H2,1H3;1H/t9-;/m1./s1. The van der Waals surface area contributed by atoms with Gasteiger partial charge in [-0.3, -0.25) is 0 Å². The summed E-state index contributed by atoms with van der Waals surface area (Å²) in [6, 6.07) is 2.36. The molecule has 16 heavy (non-hydrogen) atoms. The number of aryl methyl sites for hydroxylation is 1. The van der Waals surface area contributed by atoms with Crippen molar-refractivity contribution in [2.75, 3.05) is 19.8 Å². The van der Waals surface area contributed by atoms with Gasteiger partial charge in [-0.2, -0.15) is 0 Å². The molecule has 0 aliphatic carbocycles. The van der Waals surface area contributed by atoms with E-state index in [4.69, 9.17) is 4.74 Å². The fourth-order valence-corrected chi connectivity index (χ4v) is 1.75. The molecule has 2 nitrogen and oxygen atoms in total. The van der Waals surface area contributed by atoms with Gasteiger partial charge >= 0.3 is 0 Å². The van der Waals surface area contributed by atoms with Crippen molar-refractivity contribution in [3.8, 4) is 0 Å². The predicted octanol–water partition coefficient (Wildman–Crippen LogP) is 2.36. The number of benzene rings is 1. The maximum absolute atomic E-state index is 13.7. The molecule has 5 heteroatoms. The van der Waals surface area contributed by atoms with Crippen LogP contribution >= 0.6 is 12.4 Å². The molecule has 1 aliphatic rings. The van der Waals surface area contributed by atoms with Crippen LogP contribution < -0.4 is 5.32 Å². The highest BCUT2D eigenvalue weighted by Crippen LogP contribution is 2.24. The SMILES string of the molecule is Cc1ccc(F)c([C@H]2COCCN2)c1F.Cl. The van der Waals surface area contributed by atoms with E-state index in [1.165, 1.54) is 12.1 Å². The molecule has 1 saturated heterocycles. The van der Waals surface area contributed by atoms with E-state index in [1.54, 1.807) is 6.92 Å². The summed E-state index contributed by atoms with van der Waals surface area (Å²) in [5, 5.41) is 3.04. The van der Waals surface area contributed by atoms with Crippen LogP contribution in [0.1, 0.15) is 17.2 Å². The van der Waals surface area contributed by atoms with Crippen molar-refractivity contribution in [2.45, 2.75) is 13.0 Å². The number of morpholine rings is 1. The molecule has 0 saturated carbocycles. The van der Waals surface area contributed by atoms with Gasteiger partial charge in [0.25, 0.3) is 0 Å². The lowest BCUT2D eigenvalue weighted by Gasteiger charge is -2.25. The van der Waals surface area contributed by atoms with Crippen LogP contribution in [-0.2, 0) is 4.74 Å². The molecule has 1 atom stereocenters. The monoisotopic (exact) mass is 249 g/mol. The summed E-state index contributed by atoms with van der Waals surface area (Å²) >= 11 is 0. The van der Waals surface area contributed by atoms with E-state index in [0.717, 1.165) is 0 Å². The average Bonchev–Trinajstić information content (AvgIpc) is 2.26. The molecule has 0 radical (unpaired) electrons. The van der Waals surface area contributed by atoms with Gasteiger partial charge in [0.05, 0.1) is 19.3 Å². The first-order chi connectivity index (χ1) is 7.20. The van der Waals surface area contributed by atoms with Crippen molar-refractivity contribution in [1.82, 2.24) is 5.32 Å². The first-order valence-corrected chi connectivity index (χ1v) is 4.96. The fourth-order valence-electron chi connectivity index (χ4n) is 1.75. The van der Waals surface area contributed by atoms with Gasteiger partial charge in [-0.05, 0) is 18.6 Å². The lowest BCUT2D eigenvalue weighted by molar-refractivity contribution is 0.0745. The van der Waals surface area contributed by atoms with E-state index in [-0.39, 0.29) is 24.0 Å². The van der Waals surface area contributed by atoms with E-state index >= 15 is 0 Å². The van der Waals surface area contributed by atoms with Crippen LogP contribution in [0.25, 0.3) is 0 Å². The van der Waals surface area contributed by atoms with Gasteiger partial charge in [-0.25, -0.2) is 8.78 Å².